The zero-order chi connectivity index (χ0) is 25.8. The second-order valence-electron chi connectivity index (χ2n) is 10.0. The predicted octanol–water partition coefficient (Wildman–Crippen LogP) is 6.03. The van der Waals surface area contributed by atoms with Crippen molar-refractivity contribution in [3.63, 3.8) is 0 Å². The Bertz CT molecular complexity index is 1250. The zero-order valence-electron chi connectivity index (χ0n) is 21.6. The summed E-state index contributed by atoms with van der Waals surface area (Å²) in [6.07, 6.45) is 0.181. The fraction of sp³-hybridized carbons (Fsp3) is 0.312. The predicted molar refractivity (Wildman–Crippen MR) is 148 cm³/mol. The molecule has 0 saturated carbocycles. The van der Waals surface area contributed by atoms with Gasteiger partial charge in [0.2, 0.25) is 0 Å². The molecule has 0 aromatic heterocycles. The average Bonchev–Trinajstić information content (AvgIpc) is 2.96. The normalized spacial score (nSPS) is 20.8. The number of nitrogens with two attached hydrogens (primary N) is 1. The van der Waals surface area contributed by atoms with E-state index in [0.717, 1.165) is 35.2 Å². The Morgan fingerprint density at radius 3 is 2.24 bits per heavy atom. The van der Waals surface area contributed by atoms with Crippen LogP contribution >= 0.6 is 0 Å². The first-order valence-electron chi connectivity index (χ1n) is 13.0. The van der Waals surface area contributed by atoms with Crippen LogP contribution < -0.4 is 5.73 Å². The molecule has 0 aliphatic carbocycles. The molecule has 0 amide bonds. The number of fused-ring (bicyclic) bond motifs is 1. The smallest absolute Gasteiger partial charge is 0.184 e. The monoisotopic (exact) mass is 496 g/mol. The van der Waals surface area contributed by atoms with Crippen LogP contribution in [0, 0.1) is 0 Å². The Kier molecular flexibility index (Phi) is 7.99. The van der Waals surface area contributed by atoms with E-state index in [1.54, 1.807) is 0 Å². The molecule has 0 bridgehead atoms. The van der Waals surface area contributed by atoms with Gasteiger partial charge in [-0.15, -0.1) is 0 Å². The molecule has 1 heterocycles. The summed E-state index contributed by atoms with van der Waals surface area (Å²) in [4.78, 5) is 2.36. The van der Waals surface area contributed by atoms with Crippen molar-refractivity contribution in [2.45, 2.75) is 51.0 Å². The quantitative estimate of drug-likeness (QED) is 0.312. The number of hydrogen-bond donors (Lipinski definition) is 2. The van der Waals surface area contributed by atoms with Gasteiger partial charge in [0.25, 0.3) is 0 Å². The molecule has 1 aliphatic heterocycles. The molecule has 1 saturated heterocycles. The topological polar surface area (TPSA) is 68.0 Å². The molecular weight excluding hydrogens is 460 g/mol. The maximum Gasteiger partial charge on any atom is 0.184 e. The van der Waals surface area contributed by atoms with Gasteiger partial charge in [-0.25, -0.2) is 0 Å². The van der Waals surface area contributed by atoms with Crippen molar-refractivity contribution in [1.82, 2.24) is 4.90 Å². The Balaban J connectivity index is 1.35. The SMILES string of the molecule is CC(c1ccc2ccccc2c1)N(C)CC1CC(c2ccc(CO)cc2)OC(c2ccc(CN)cc2)O1. The van der Waals surface area contributed by atoms with Crippen LogP contribution in [0.2, 0.25) is 0 Å². The summed E-state index contributed by atoms with van der Waals surface area (Å²) in [5.74, 6) is 0. The third-order valence-corrected chi connectivity index (χ3v) is 7.51. The van der Waals surface area contributed by atoms with E-state index in [-0.39, 0.29) is 24.9 Å². The van der Waals surface area contributed by atoms with Crippen LogP contribution in [-0.4, -0.2) is 29.7 Å². The lowest BCUT2D eigenvalue weighted by molar-refractivity contribution is -0.253. The van der Waals surface area contributed by atoms with Crippen LogP contribution in [0.1, 0.15) is 59.6 Å². The molecule has 192 valence electrons. The van der Waals surface area contributed by atoms with Crippen molar-refractivity contribution < 1.29 is 14.6 Å². The Hall–Kier alpha value is -3.06. The largest absolute Gasteiger partial charge is 0.392 e. The van der Waals surface area contributed by atoms with Gasteiger partial charge in [0.05, 0.1) is 18.8 Å². The average molecular weight is 497 g/mol. The third-order valence-electron chi connectivity index (χ3n) is 7.51. The minimum Gasteiger partial charge on any atom is -0.392 e. The Morgan fingerprint density at radius 1 is 0.865 bits per heavy atom. The van der Waals surface area contributed by atoms with Crippen LogP contribution in [0.4, 0.5) is 0 Å². The molecule has 1 aliphatic rings. The molecular formula is C32H36N2O3. The number of benzene rings is 4. The minimum atomic E-state index is -0.461. The molecule has 5 nitrogen and oxygen atoms in total. The summed E-state index contributed by atoms with van der Waals surface area (Å²) >= 11 is 0. The summed E-state index contributed by atoms with van der Waals surface area (Å²) < 4.78 is 13.0. The van der Waals surface area contributed by atoms with Crippen LogP contribution in [-0.2, 0) is 22.6 Å². The summed E-state index contributed by atoms with van der Waals surface area (Å²) in [6.45, 7) is 3.56. The van der Waals surface area contributed by atoms with E-state index in [0.29, 0.717) is 6.54 Å². The molecule has 4 aromatic carbocycles. The molecule has 0 radical (unpaired) electrons. The van der Waals surface area contributed by atoms with Crippen molar-refractivity contribution in [3.05, 3.63) is 119 Å². The molecule has 3 N–H and O–H groups in total. The molecule has 4 unspecified atom stereocenters. The van der Waals surface area contributed by atoms with Gasteiger partial charge >= 0.3 is 0 Å². The summed E-state index contributed by atoms with van der Waals surface area (Å²) in [5, 5.41) is 12.0. The lowest BCUT2D eigenvalue weighted by Crippen LogP contribution is -2.38. The molecule has 0 spiro atoms. The first kappa shape index (κ1) is 25.6. The zero-order valence-corrected chi connectivity index (χ0v) is 21.6. The fourth-order valence-electron chi connectivity index (χ4n) is 5.05. The molecule has 4 aromatic rings. The van der Waals surface area contributed by atoms with E-state index in [2.05, 4.69) is 73.5 Å². The maximum atomic E-state index is 9.45. The van der Waals surface area contributed by atoms with Gasteiger partial charge in [-0.1, -0.05) is 84.9 Å². The summed E-state index contributed by atoms with van der Waals surface area (Å²) in [7, 11) is 2.16. The second-order valence-corrected chi connectivity index (χ2v) is 10.0. The fourth-order valence-corrected chi connectivity index (χ4v) is 5.05. The highest BCUT2D eigenvalue weighted by Crippen LogP contribution is 2.38. The number of likely N-dealkylation sites (N-methyl/N-ethyl adjacent to an activating group) is 1. The molecule has 5 rings (SSSR count). The van der Waals surface area contributed by atoms with Crippen molar-refractivity contribution in [3.8, 4) is 0 Å². The van der Waals surface area contributed by atoms with Crippen LogP contribution in [0.15, 0.2) is 91.0 Å². The molecule has 4 atom stereocenters. The number of nitrogens with zero attached hydrogens (tertiary/aromatic N) is 1. The maximum absolute atomic E-state index is 9.45. The first-order chi connectivity index (χ1) is 18.0. The minimum absolute atomic E-state index is 0.0108. The Morgan fingerprint density at radius 2 is 1.54 bits per heavy atom. The van der Waals surface area contributed by atoms with Gasteiger partial charge in [0.1, 0.15) is 0 Å². The standard InChI is InChI=1S/C32H36N2O3/c1-22(28-16-15-25-5-3-4-6-29(25)17-28)34(2)20-30-18-31(26-11-9-24(21-35)10-12-26)37-32(36-30)27-13-7-23(19-33)8-14-27/h3-17,22,30-32,35H,18-21,33H2,1-2H3. The molecule has 5 heteroatoms. The second kappa shape index (κ2) is 11.5. The number of ether oxygens (including phenoxy) is 2. The van der Waals surface area contributed by atoms with Crippen molar-refractivity contribution in [1.29, 1.82) is 0 Å². The summed E-state index contributed by atoms with van der Waals surface area (Å²) in [5.41, 5.74) is 11.1. The number of aliphatic hydroxyl groups is 1. The first-order valence-corrected chi connectivity index (χ1v) is 13.0. The van der Waals surface area contributed by atoms with Crippen LogP contribution in [0.3, 0.4) is 0 Å². The van der Waals surface area contributed by atoms with Crippen molar-refractivity contribution in [2.75, 3.05) is 13.6 Å². The van der Waals surface area contributed by atoms with E-state index in [1.807, 2.05) is 36.4 Å². The van der Waals surface area contributed by atoms with Gasteiger partial charge in [-0.2, -0.15) is 0 Å². The van der Waals surface area contributed by atoms with Crippen molar-refractivity contribution in [2.24, 2.45) is 5.73 Å². The highest BCUT2D eigenvalue weighted by atomic mass is 16.7. The van der Waals surface area contributed by atoms with E-state index in [4.69, 9.17) is 15.2 Å². The van der Waals surface area contributed by atoms with Gasteiger partial charge < -0.3 is 20.3 Å². The highest BCUT2D eigenvalue weighted by Gasteiger charge is 2.33. The van der Waals surface area contributed by atoms with Gasteiger partial charge in [-0.3, -0.25) is 4.90 Å². The highest BCUT2D eigenvalue weighted by molar-refractivity contribution is 5.83. The van der Waals surface area contributed by atoms with E-state index >= 15 is 0 Å². The van der Waals surface area contributed by atoms with E-state index in [1.165, 1.54) is 16.3 Å². The van der Waals surface area contributed by atoms with Gasteiger partial charge in [0, 0.05) is 31.1 Å². The van der Waals surface area contributed by atoms with E-state index in [9.17, 15) is 5.11 Å². The lowest BCUT2D eigenvalue weighted by atomic mass is 9.98. The molecule has 1 fully saturated rings. The summed E-state index contributed by atoms with van der Waals surface area (Å²) in [6, 6.07) is 31.6. The van der Waals surface area contributed by atoms with Crippen LogP contribution in [0.25, 0.3) is 10.8 Å². The lowest BCUT2D eigenvalue weighted by Gasteiger charge is -2.39. The number of aliphatic hydroxyl groups excluding tert-OH is 1. The van der Waals surface area contributed by atoms with Gasteiger partial charge in [-0.05, 0) is 53.1 Å². The third kappa shape index (κ3) is 5.93. The Labute approximate surface area is 219 Å². The van der Waals surface area contributed by atoms with Gasteiger partial charge in [0.15, 0.2) is 6.29 Å². The number of rotatable bonds is 8. The number of hydrogen-bond acceptors (Lipinski definition) is 5. The van der Waals surface area contributed by atoms with Crippen LogP contribution in [0.5, 0.6) is 0 Å². The van der Waals surface area contributed by atoms with Crippen molar-refractivity contribution >= 4 is 10.8 Å². The molecule has 37 heavy (non-hydrogen) atoms. The van der Waals surface area contributed by atoms with E-state index < -0.39 is 6.29 Å².